The second-order valence-corrected chi connectivity index (χ2v) is 11.2. The Hall–Kier alpha value is -2.43. The van der Waals surface area contributed by atoms with Gasteiger partial charge in [-0.2, -0.15) is 5.10 Å². The van der Waals surface area contributed by atoms with Crippen LogP contribution in [-0.2, 0) is 39.5 Å². The highest BCUT2D eigenvalue weighted by molar-refractivity contribution is 7.91. The van der Waals surface area contributed by atoms with E-state index in [1.54, 1.807) is 11.8 Å². The van der Waals surface area contributed by atoms with E-state index in [2.05, 4.69) is 20.8 Å². The van der Waals surface area contributed by atoms with E-state index in [4.69, 9.17) is 14.6 Å². The molecule has 1 aromatic carbocycles. The molecule has 1 aromatic heterocycles. The Morgan fingerprint density at radius 3 is 3.00 bits per heavy atom. The van der Waals surface area contributed by atoms with Crippen molar-refractivity contribution in [1.82, 2.24) is 9.78 Å². The van der Waals surface area contributed by atoms with E-state index in [1.165, 1.54) is 17.3 Å². The number of methoxy groups -OCH3 is 1. The molecule has 2 atom stereocenters. The third-order valence-electron chi connectivity index (χ3n) is 6.66. The zero-order chi connectivity index (χ0) is 22.7. The quantitative estimate of drug-likeness (QED) is 0.728. The van der Waals surface area contributed by atoms with Gasteiger partial charge in [0, 0.05) is 18.7 Å². The minimum Gasteiger partial charge on any atom is -0.474 e. The maximum atomic E-state index is 13.3. The van der Waals surface area contributed by atoms with Gasteiger partial charge in [0.2, 0.25) is 5.88 Å². The topological polar surface area (TPSA) is 121 Å². The van der Waals surface area contributed by atoms with E-state index in [-0.39, 0.29) is 16.4 Å². The number of anilines is 1. The second-order valence-electron chi connectivity index (χ2n) is 9.42. The number of fused-ring (bicyclic) bond motifs is 3. The van der Waals surface area contributed by atoms with Crippen LogP contribution >= 0.6 is 0 Å². The van der Waals surface area contributed by atoms with Crippen LogP contribution in [-0.4, -0.2) is 40.3 Å². The number of aromatic nitrogens is 2. The minimum atomic E-state index is -3.53. The molecule has 2 aliphatic carbocycles. The van der Waals surface area contributed by atoms with Crippen LogP contribution in [0.4, 0.5) is 10.5 Å². The third-order valence-corrected chi connectivity index (χ3v) is 8.01. The first-order chi connectivity index (χ1) is 15.2. The molecule has 32 heavy (non-hydrogen) atoms. The summed E-state index contributed by atoms with van der Waals surface area (Å²) in [4.78, 5) is 13.1. The lowest BCUT2D eigenvalue weighted by Gasteiger charge is -2.19. The molecule has 0 radical (unpaired) electrons. The van der Waals surface area contributed by atoms with Crippen molar-refractivity contribution in [1.29, 1.82) is 0 Å². The largest absolute Gasteiger partial charge is 0.474 e. The smallest absolute Gasteiger partial charge is 0.354 e. The first-order valence-corrected chi connectivity index (χ1v) is 12.5. The van der Waals surface area contributed by atoms with Crippen molar-refractivity contribution in [3.63, 3.8) is 0 Å². The molecule has 3 N–H and O–H groups in total. The average Bonchev–Trinajstić information content (AvgIpc) is 3.47. The predicted octanol–water partition coefficient (Wildman–Crippen LogP) is 3.11. The van der Waals surface area contributed by atoms with E-state index in [9.17, 15) is 9.00 Å². The molecule has 2 amide bonds. The van der Waals surface area contributed by atoms with Crippen LogP contribution in [0.2, 0.25) is 0 Å². The van der Waals surface area contributed by atoms with Gasteiger partial charge in [0.25, 0.3) is 0 Å². The molecule has 3 aliphatic rings. The Balaban J connectivity index is 1.50. The summed E-state index contributed by atoms with van der Waals surface area (Å²) in [6.07, 6.45) is 6.27. The molecule has 0 bridgehead atoms. The monoisotopic (exact) mass is 459 g/mol. The van der Waals surface area contributed by atoms with Crippen LogP contribution < -0.4 is 15.2 Å². The SMILES string of the molecule is COC[C@@H]1CCc2cc3c(c(NC(=O)N=S(N)(=O)c4cnn5c4OCC5(C)C)c21)CCC3. The van der Waals surface area contributed by atoms with Gasteiger partial charge >= 0.3 is 6.03 Å². The summed E-state index contributed by atoms with van der Waals surface area (Å²) in [5.41, 5.74) is 5.21. The number of amides is 2. The van der Waals surface area contributed by atoms with Gasteiger partial charge in [0.15, 0.2) is 9.92 Å². The van der Waals surface area contributed by atoms with Crippen molar-refractivity contribution in [2.45, 2.75) is 62.3 Å². The maximum Gasteiger partial charge on any atom is 0.354 e. The van der Waals surface area contributed by atoms with Crippen LogP contribution in [0.1, 0.15) is 54.9 Å². The second kappa shape index (κ2) is 7.57. The highest BCUT2D eigenvalue weighted by Gasteiger charge is 2.37. The standard InChI is InChI=1S/C22H29N5O4S/c1-22(2)12-31-20-17(10-24-27(20)22)32(23,29)26-21(28)25-19-16-6-4-5-13(16)9-14-7-8-15(11-30-3)18(14)19/h9-10,15H,4-8,11-12H2,1-3H3,(H3,23,25,26,28,29)/t15-,32?/m0/s1. The molecular formula is C22H29N5O4S. The summed E-state index contributed by atoms with van der Waals surface area (Å²) in [6.45, 7) is 4.88. The lowest BCUT2D eigenvalue weighted by molar-refractivity contribution is 0.179. The van der Waals surface area contributed by atoms with Crippen molar-refractivity contribution in [2.75, 3.05) is 25.6 Å². The van der Waals surface area contributed by atoms with Gasteiger partial charge in [-0.05, 0) is 68.2 Å². The summed E-state index contributed by atoms with van der Waals surface area (Å²) < 4.78 is 29.9. The number of benzene rings is 1. The Bertz CT molecular complexity index is 1230. The maximum absolute atomic E-state index is 13.3. The van der Waals surface area contributed by atoms with E-state index in [1.807, 2.05) is 13.8 Å². The molecule has 1 unspecified atom stereocenters. The van der Waals surface area contributed by atoms with Gasteiger partial charge in [-0.25, -0.2) is 18.8 Å². The average molecular weight is 460 g/mol. The molecule has 172 valence electrons. The fourth-order valence-electron chi connectivity index (χ4n) is 5.18. The molecule has 0 saturated heterocycles. The molecule has 5 rings (SSSR count). The Morgan fingerprint density at radius 1 is 1.41 bits per heavy atom. The van der Waals surface area contributed by atoms with Gasteiger partial charge in [0.05, 0.1) is 18.3 Å². The number of nitrogens with two attached hydrogens (primary N) is 1. The number of hydrogen-bond acceptors (Lipinski definition) is 5. The normalized spacial score (nSPS) is 21.9. The van der Waals surface area contributed by atoms with Crippen molar-refractivity contribution in [3.05, 3.63) is 34.5 Å². The van der Waals surface area contributed by atoms with Crippen molar-refractivity contribution in [2.24, 2.45) is 9.50 Å². The molecule has 2 heterocycles. The molecule has 0 saturated carbocycles. The fraction of sp³-hybridized carbons (Fsp3) is 0.545. The molecule has 2 aromatic rings. The highest BCUT2D eigenvalue weighted by Crippen LogP contribution is 2.44. The number of aryl methyl sites for hydroxylation is 2. The number of ether oxygens (including phenoxy) is 2. The van der Waals surface area contributed by atoms with E-state index >= 15 is 0 Å². The number of carbonyl (C=O) groups excluding carboxylic acids is 1. The van der Waals surface area contributed by atoms with Gasteiger partial charge in [-0.15, -0.1) is 4.36 Å². The Kier molecular flexibility index (Phi) is 5.06. The molecule has 0 fully saturated rings. The van der Waals surface area contributed by atoms with Gasteiger partial charge < -0.3 is 14.8 Å². The molecular weight excluding hydrogens is 430 g/mol. The van der Waals surface area contributed by atoms with Crippen LogP contribution in [0.3, 0.4) is 0 Å². The third kappa shape index (κ3) is 3.41. The first kappa shape index (κ1) is 21.4. The van der Waals surface area contributed by atoms with Gasteiger partial charge in [-0.1, -0.05) is 6.07 Å². The lowest BCUT2D eigenvalue weighted by atomic mass is 9.94. The highest BCUT2D eigenvalue weighted by atomic mass is 32.2. The zero-order valence-corrected chi connectivity index (χ0v) is 19.5. The summed E-state index contributed by atoms with van der Waals surface area (Å²) in [6, 6.07) is 1.56. The van der Waals surface area contributed by atoms with Crippen LogP contribution in [0, 0.1) is 0 Å². The number of hydrogen-bond donors (Lipinski definition) is 2. The Morgan fingerprint density at radius 2 is 2.22 bits per heavy atom. The van der Waals surface area contributed by atoms with E-state index in [0.717, 1.165) is 48.9 Å². The van der Waals surface area contributed by atoms with Crippen LogP contribution in [0.25, 0.3) is 0 Å². The van der Waals surface area contributed by atoms with E-state index < -0.39 is 15.9 Å². The van der Waals surface area contributed by atoms with Crippen molar-refractivity contribution < 1.29 is 18.5 Å². The minimum absolute atomic E-state index is 0.138. The van der Waals surface area contributed by atoms with Gasteiger partial charge in [0.1, 0.15) is 11.5 Å². The number of carbonyl (C=O) groups is 1. The number of rotatable bonds is 4. The van der Waals surface area contributed by atoms with Crippen LogP contribution in [0.15, 0.2) is 21.5 Å². The summed E-state index contributed by atoms with van der Waals surface area (Å²) in [7, 11) is -1.84. The number of urea groups is 1. The molecule has 9 nitrogen and oxygen atoms in total. The number of nitrogens with zero attached hydrogens (tertiary/aromatic N) is 3. The van der Waals surface area contributed by atoms with Gasteiger partial charge in [-0.3, -0.25) is 0 Å². The number of nitrogens with one attached hydrogen (secondary N) is 1. The Labute approximate surface area is 188 Å². The zero-order valence-electron chi connectivity index (χ0n) is 18.6. The summed E-state index contributed by atoms with van der Waals surface area (Å²) in [5, 5.41) is 13.2. The lowest BCUT2D eigenvalue weighted by Crippen LogP contribution is -2.26. The molecule has 0 spiro atoms. The molecule has 1 aliphatic heterocycles. The first-order valence-electron chi connectivity index (χ1n) is 10.9. The predicted molar refractivity (Wildman–Crippen MR) is 120 cm³/mol. The van der Waals surface area contributed by atoms with Crippen molar-refractivity contribution >= 4 is 21.6 Å². The summed E-state index contributed by atoms with van der Waals surface area (Å²) >= 11 is 0. The summed E-state index contributed by atoms with van der Waals surface area (Å²) in [5.74, 6) is 0.522. The van der Waals surface area contributed by atoms with Crippen LogP contribution in [0.5, 0.6) is 5.88 Å². The van der Waals surface area contributed by atoms with Crippen molar-refractivity contribution in [3.8, 4) is 5.88 Å². The van der Waals surface area contributed by atoms with E-state index in [0.29, 0.717) is 19.1 Å². The molecule has 10 heteroatoms. The fourth-order valence-corrected chi connectivity index (χ4v) is 6.16.